The monoisotopic (exact) mass is 200 g/mol. The van der Waals surface area contributed by atoms with Crippen LogP contribution in [0.4, 0.5) is 0 Å². The van der Waals surface area contributed by atoms with E-state index in [1.807, 2.05) is 36.4 Å². The molecule has 0 fully saturated rings. The van der Waals surface area contributed by atoms with Gasteiger partial charge < -0.3 is 5.32 Å². The molecule has 1 N–H and O–H groups in total. The van der Waals surface area contributed by atoms with Crippen LogP contribution in [-0.2, 0) is 10.3 Å². The van der Waals surface area contributed by atoms with Crippen molar-refractivity contribution in [3.8, 4) is 0 Å². The molecule has 3 heteroatoms. The quantitative estimate of drug-likeness (QED) is 0.787. The number of aromatic nitrogens is 1. The smallest absolute Gasteiger partial charge is 0.165 e. The molecule has 0 saturated heterocycles. The predicted octanol–water partition coefficient (Wildman–Crippen LogP) is 1.54. The van der Waals surface area contributed by atoms with E-state index in [9.17, 15) is 4.79 Å². The number of ketones is 1. The fraction of sp³-hybridized carbons (Fsp3) is 0.167. The van der Waals surface area contributed by atoms with Crippen molar-refractivity contribution in [1.82, 2.24) is 10.3 Å². The van der Waals surface area contributed by atoms with Gasteiger partial charge in [-0.25, -0.2) is 0 Å². The average Bonchev–Trinajstić information content (AvgIpc) is 2.31. The van der Waals surface area contributed by atoms with Crippen LogP contribution in [0.5, 0.6) is 0 Å². The molecule has 0 spiro atoms. The van der Waals surface area contributed by atoms with E-state index in [4.69, 9.17) is 0 Å². The molecule has 3 nitrogen and oxygen atoms in total. The molecule has 0 amide bonds. The highest BCUT2D eigenvalue weighted by atomic mass is 16.1. The minimum atomic E-state index is -0.796. The number of pyridine rings is 1. The van der Waals surface area contributed by atoms with Gasteiger partial charge in [-0.05, 0) is 37.4 Å². The summed E-state index contributed by atoms with van der Waals surface area (Å²) in [6.07, 6.45) is 8.98. The first kappa shape index (κ1) is 9.65. The number of carbonyl (C=O) groups is 1. The van der Waals surface area contributed by atoms with Gasteiger partial charge in [0.15, 0.2) is 11.3 Å². The van der Waals surface area contributed by atoms with Crippen LogP contribution in [0.3, 0.4) is 0 Å². The molecular formula is C12H12N2O. The van der Waals surface area contributed by atoms with Crippen LogP contribution in [0.15, 0.2) is 48.8 Å². The zero-order chi connectivity index (χ0) is 10.7. The van der Waals surface area contributed by atoms with E-state index >= 15 is 0 Å². The van der Waals surface area contributed by atoms with Crippen molar-refractivity contribution >= 4 is 5.78 Å². The average molecular weight is 200 g/mol. The number of Topliss-reactive ketones (excluding diaryl/α,β-unsaturated/α-hetero) is 1. The second-order valence-electron chi connectivity index (χ2n) is 3.44. The molecule has 1 unspecified atom stereocenters. The molecular weight excluding hydrogens is 188 g/mol. The van der Waals surface area contributed by atoms with Crippen molar-refractivity contribution < 1.29 is 4.79 Å². The molecule has 0 aliphatic carbocycles. The summed E-state index contributed by atoms with van der Waals surface area (Å²) in [4.78, 5) is 16.0. The third-order valence-electron chi connectivity index (χ3n) is 2.49. The summed E-state index contributed by atoms with van der Waals surface area (Å²) in [5.74, 6) is 0.0294. The summed E-state index contributed by atoms with van der Waals surface area (Å²) in [6.45, 7) is 1.56. The molecule has 0 radical (unpaired) electrons. The lowest BCUT2D eigenvalue weighted by Crippen LogP contribution is -2.45. The molecule has 1 aromatic rings. The fourth-order valence-corrected chi connectivity index (χ4v) is 1.64. The first-order chi connectivity index (χ1) is 7.26. The second-order valence-corrected chi connectivity index (χ2v) is 3.44. The molecule has 0 aromatic carbocycles. The summed E-state index contributed by atoms with van der Waals surface area (Å²) in [5.41, 5.74) is -0.0752. The van der Waals surface area contributed by atoms with Gasteiger partial charge >= 0.3 is 0 Å². The Labute approximate surface area is 88.5 Å². The van der Waals surface area contributed by atoms with Crippen molar-refractivity contribution in [3.05, 3.63) is 54.5 Å². The highest BCUT2D eigenvalue weighted by molar-refractivity contribution is 5.89. The number of allylic oxidation sites excluding steroid dienone is 2. The number of carbonyl (C=O) groups excluding carboxylic acids is 1. The zero-order valence-electron chi connectivity index (χ0n) is 8.47. The van der Waals surface area contributed by atoms with Gasteiger partial charge in [0.1, 0.15) is 0 Å². The van der Waals surface area contributed by atoms with Crippen LogP contribution in [0.1, 0.15) is 12.6 Å². The molecule has 2 rings (SSSR count). The van der Waals surface area contributed by atoms with Crippen molar-refractivity contribution in [3.63, 3.8) is 0 Å². The molecule has 1 aliphatic heterocycles. The van der Waals surface area contributed by atoms with E-state index in [1.54, 1.807) is 19.3 Å². The first-order valence-corrected chi connectivity index (χ1v) is 4.80. The van der Waals surface area contributed by atoms with Crippen LogP contribution in [0, 0.1) is 0 Å². The Hall–Kier alpha value is -1.90. The Morgan fingerprint density at radius 1 is 1.40 bits per heavy atom. The van der Waals surface area contributed by atoms with Crippen molar-refractivity contribution in [1.29, 1.82) is 0 Å². The Bertz CT molecular complexity index is 423. The molecule has 76 valence electrons. The standard InChI is InChI=1S/C12H12N2O/c1-10(15)12(7-3-5-9-14-12)11-6-2-4-8-13-11/h2-9,14H,1H3. The topological polar surface area (TPSA) is 42.0 Å². The molecule has 1 atom stereocenters. The minimum absolute atomic E-state index is 0.0294. The second kappa shape index (κ2) is 3.69. The number of nitrogens with one attached hydrogen (secondary N) is 1. The van der Waals surface area contributed by atoms with Crippen LogP contribution < -0.4 is 5.32 Å². The third kappa shape index (κ3) is 1.56. The van der Waals surface area contributed by atoms with E-state index in [-0.39, 0.29) is 5.78 Å². The van der Waals surface area contributed by atoms with E-state index in [1.165, 1.54) is 0 Å². The summed E-state index contributed by atoms with van der Waals surface area (Å²) >= 11 is 0. The fourth-order valence-electron chi connectivity index (χ4n) is 1.64. The number of hydrogen-bond acceptors (Lipinski definition) is 3. The van der Waals surface area contributed by atoms with Crippen LogP contribution in [0.2, 0.25) is 0 Å². The minimum Gasteiger partial charge on any atom is -0.371 e. The lowest BCUT2D eigenvalue weighted by Gasteiger charge is -2.29. The normalized spacial score (nSPS) is 23.5. The van der Waals surface area contributed by atoms with Gasteiger partial charge in [0, 0.05) is 6.20 Å². The third-order valence-corrected chi connectivity index (χ3v) is 2.49. The van der Waals surface area contributed by atoms with Gasteiger partial charge in [-0.15, -0.1) is 0 Å². The summed E-state index contributed by atoms with van der Waals surface area (Å²) < 4.78 is 0. The predicted molar refractivity (Wildman–Crippen MR) is 58.0 cm³/mol. The Morgan fingerprint density at radius 3 is 2.80 bits per heavy atom. The Morgan fingerprint density at radius 2 is 2.27 bits per heavy atom. The zero-order valence-corrected chi connectivity index (χ0v) is 8.47. The van der Waals surface area contributed by atoms with Crippen molar-refractivity contribution in [2.75, 3.05) is 0 Å². The highest BCUT2D eigenvalue weighted by Gasteiger charge is 2.35. The molecule has 15 heavy (non-hydrogen) atoms. The van der Waals surface area contributed by atoms with Crippen molar-refractivity contribution in [2.24, 2.45) is 0 Å². The lowest BCUT2D eigenvalue weighted by atomic mass is 9.88. The summed E-state index contributed by atoms with van der Waals surface area (Å²) in [7, 11) is 0. The molecule has 0 saturated carbocycles. The van der Waals surface area contributed by atoms with Gasteiger partial charge in [-0.1, -0.05) is 12.1 Å². The largest absolute Gasteiger partial charge is 0.371 e. The van der Waals surface area contributed by atoms with E-state index in [2.05, 4.69) is 10.3 Å². The summed E-state index contributed by atoms with van der Waals surface area (Å²) in [6, 6.07) is 5.55. The SMILES string of the molecule is CC(=O)C1(c2ccccn2)C=CC=CN1. The van der Waals surface area contributed by atoms with E-state index < -0.39 is 5.54 Å². The molecule has 1 aromatic heterocycles. The van der Waals surface area contributed by atoms with Crippen molar-refractivity contribution in [2.45, 2.75) is 12.5 Å². The van der Waals surface area contributed by atoms with Gasteiger partial charge in [0.05, 0.1) is 5.69 Å². The maximum atomic E-state index is 11.7. The number of nitrogens with zero attached hydrogens (tertiary/aromatic N) is 1. The van der Waals surface area contributed by atoms with Crippen LogP contribution >= 0.6 is 0 Å². The van der Waals surface area contributed by atoms with Gasteiger partial charge in [-0.2, -0.15) is 0 Å². The lowest BCUT2D eigenvalue weighted by molar-refractivity contribution is -0.121. The molecule has 0 bridgehead atoms. The van der Waals surface area contributed by atoms with Gasteiger partial charge in [-0.3, -0.25) is 9.78 Å². The number of dihydropyridines is 1. The van der Waals surface area contributed by atoms with Crippen LogP contribution in [0.25, 0.3) is 0 Å². The maximum Gasteiger partial charge on any atom is 0.165 e. The molecule has 2 heterocycles. The van der Waals surface area contributed by atoms with Gasteiger partial charge in [0.2, 0.25) is 0 Å². The van der Waals surface area contributed by atoms with E-state index in [0.717, 1.165) is 5.69 Å². The Kier molecular flexibility index (Phi) is 2.37. The maximum absolute atomic E-state index is 11.7. The summed E-state index contributed by atoms with van der Waals surface area (Å²) in [5, 5.41) is 3.07. The molecule has 1 aliphatic rings. The van der Waals surface area contributed by atoms with Gasteiger partial charge in [0.25, 0.3) is 0 Å². The number of hydrogen-bond donors (Lipinski definition) is 1. The van der Waals surface area contributed by atoms with Crippen LogP contribution in [-0.4, -0.2) is 10.8 Å². The first-order valence-electron chi connectivity index (χ1n) is 4.80. The number of rotatable bonds is 2. The Balaban J connectivity index is 2.49. The highest BCUT2D eigenvalue weighted by Crippen LogP contribution is 2.24. The van der Waals surface area contributed by atoms with E-state index in [0.29, 0.717) is 0 Å².